The van der Waals surface area contributed by atoms with E-state index in [0.29, 0.717) is 0 Å². The molecule has 0 radical (unpaired) electrons. The van der Waals surface area contributed by atoms with Gasteiger partial charge in [0.2, 0.25) is 0 Å². The minimum absolute atomic E-state index is 0.0169. The summed E-state index contributed by atoms with van der Waals surface area (Å²) in [4.78, 5) is 11.8. The van der Waals surface area contributed by atoms with Crippen molar-refractivity contribution < 1.29 is 5.11 Å². The molecule has 1 N–H and O–H groups in total. The summed E-state index contributed by atoms with van der Waals surface area (Å²) in [5, 5.41) is 10.4. The van der Waals surface area contributed by atoms with Crippen molar-refractivity contribution in [3.8, 4) is 5.75 Å². The average Bonchev–Trinajstić information content (AvgIpc) is 2.19. The molecule has 0 amide bonds. The summed E-state index contributed by atoms with van der Waals surface area (Å²) in [5.74, 6) is -0.209. The SMILES string of the molecule is CC(C)n1c(=O)c(O)cc2cc(Br)ccc21. The number of pyridine rings is 1. The number of nitrogens with zero attached hydrogens (tertiary/aromatic N) is 1. The van der Waals surface area contributed by atoms with Gasteiger partial charge in [0.25, 0.3) is 5.56 Å². The first-order valence-corrected chi connectivity index (χ1v) is 5.84. The Balaban J connectivity index is 2.95. The van der Waals surface area contributed by atoms with E-state index in [-0.39, 0.29) is 17.4 Å². The second kappa shape index (κ2) is 3.94. The van der Waals surface area contributed by atoms with Gasteiger partial charge in [0, 0.05) is 15.9 Å². The maximum atomic E-state index is 11.8. The van der Waals surface area contributed by atoms with Gasteiger partial charge in [0.15, 0.2) is 5.75 Å². The van der Waals surface area contributed by atoms with Gasteiger partial charge in [-0.25, -0.2) is 0 Å². The number of aromatic hydroxyl groups is 1. The Morgan fingerprint density at radius 1 is 1.31 bits per heavy atom. The van der Waals surface area contributed by atoms with Crippen molar-refractivity contribution in [3.63, 3.8) is 0 Å². The topological polar surface area (TPSA) is 42.2 Å². The molecule has 1 aromatic carbocycles. The molecule has 0 bridgehead atoms. The fourth-order valence-electron chi connectivity index (χ4n) is 1.81. The molecular formula is C12H12BrNO2. The number of benzene rings is 1. The molecule has 0 fully saturated rings. The highest BCUT2D eigenvalue weighted by molar-refractivity contribution is 9.10. The number of aromatic nitrogens is 1. The van der Waals surface area contributed by atoms with Crippen molar-refractivity contribution >= 4 is 26.8 Å². The minimum Gasteiger partial charge on any atom is -0.503 e. The number of rotatable bonds is 1. The molecule has 1 heterocycles. The third-order valence-corrected chi connectivity index (χ3v) is 2.99. The molecule has 2 rings (SSSR count). The fraction of sp³-hybridized carbons (Fsp3) is 0.250. The van der Waals surface area contributed by atoms with Crippen LogP contribution in [0.15, 0.2) is 33.5 Å². The van der Waals surface area contributed by atoms with Crippen LogP contribution in [-0.4, -0.2) is 9.67 Å². The lowest BCUT2D eigenvalue weighted by molar-refractivity contribution is 0.454. The van der Waals surface area contributed by atoms with E-state index >= 15 is 0 Å². The zero-order valence-corrected chi connectivity index (χ0v) is 10.7. The van der Waals surface area contributed by atoms with Crippen LogP contribution in [0.4, 0.5) is 0 Å². The quantitative estimate of drug-likeness (QED) is 0.873. The maximum absolute atomic E-state index is 11.8. The second-order valence-corrected chi connectivity index (χ2v) is 4.92. The lowest BCUT2D eigenvalue weighted by Gasteiger charge is -2.14. The Hall–Kier alpha value is -1.29. The Morgan fingerprint density at radius 2 is 2.00 bits per heavy atom. The molecule has 4 heteroatoms. The van der Waals surface area contributed by atoms with Gasteiger partial charge in [-0.3, -0.25) is 4.79 Å². The number of hydrogen-bond donors (Lipinski definition) is 1. The first kappa shape index (κ1) is 11.2. The van der Waals surface area contributed by atoms with Crippen LogP contribution in [-0.2, 0) is 0 Å². The molecule has 0 saturated heterocycles. The molecule has 0 aliphatic carbocycles. The van der Waals surface area contributed by atoms with Gasteiger partial charge in [-0.05, 0) is 38.1 Å². The summed E-state index contributed by atoms with van der Waals surface area (Å²) >= 11 is 3.37. The zero-order valence-electron chi connectivity index (χ0n) is 9.07. The Kier molecular flexibility index (Phi) is 2.76. The van der Waals surface area contributed by atoms with Crippen LogP contribution >= 0.6 is 15.9 Å². The summed E-state index contributed by atoms with van der Waals surface area (Å²) in [6.07, 6.45) is 0. The molecule has 84 valence electrons. The first-order valence-electron chi connectivity index (χ1n) is 5.04. The summed E-state index contributed by atoms with van der Waals surface area (Å²) < 4.78 is 2.52. The van der Waals surface area contributed by atoms with E-state index in [1.165, 1.54) is 6.07 Å². The van der Waals surface area contributed by atoms with Crippen molar-refractivity contribution in [1.82, 2.24) is 4.57 Å². The van der Waals surface area contributed by atoms with Crippen LogP contribution < -0.4 is 5.56 Å². The highest BCUT2D eigenvalue weighted by Crippen LogP contribution is 2.23. The maximum Gasteiger partial charge on any atom is 0.293 e. The van der Waals surface area contributed by atoms with Crippen LogP contribution in [0.3, 0.4) is 0 Å². The van der Waals surface area contributed by atoms with Crippen molar-refractivity contribution in [2.45, 2.75) is 19.9 Å². The Bertz CT molecular complexity index is 602. The van der Waals surface area contributed by atoms with E-state index in [2.05, 4.69) is 15.9 Å². The molecule has 16 heavy (non-hydrogen) atoms. The molecule has 3 nitrogen and oxygen atoms in total. The van der Waals surface area contributed by atoms with Crippen molar-refractivity contribution in [2.75, 3.05) is 0 Å². The Labute approximate surface area is 101 Å². The molecule has 0 atom stereocenters. The lowest BCUT2D eigenvalue weighted by Crippen LogP contribution is -2.21. The molecular weight excluding hydrogens is 270 g/mol. The van der Waals surface area contributed by atoms with Crippen LogP contribution in [0.5, 0.6) is 5.75 Å². The third kappa shape index (κ3) is 1.73. The smallest absolute Gasteiger partial charge is 0.293 e. The van der Waals surface area contributed by atoms with Crippen LogP contribution in [0.1, 0.15) is 19.9 Å². The van der Waals surface area contributed by atoms with Gasteiger partial charge in [-0.1, -0.05) is 15.9 Å². The molecule has 2 aromatic rings. The molecule has 0 aliphatic heterocycles. The van der Waals surface area contributed by atoms with E-state index in [0.717, 1.165) is 15.4 Å². The van der Waals surface area contributed by atoms with Crippen LogP contribution in [0.2, 0.25) is 0 Å². The summed E-state index contributed by atoms with van der Waals surface area (Å²) in [6.45, 7) is 3.84. The van der Waals surface area contributed by atoms with E-state index in [9.17, 15) is 9.90 Å². The van der Waals surface area contributed by atoms with E-state index in [4.69, 9.17) is 0 Å². The standard InChI is InChI=1S/C12H12BrNO2/c1-7(2)14-10-4-3-9(13)5-8(10)6-11(15)12(14)16/h3-7,15H,1-2H3. The van der Waals surface area contributed by atoms with Gasteiger partial charge in [0.1, 0.15) is 0 Å². The van der Waals surface area contributed by atoms with Crippen LogP contribution in [0, 0.1) is 0 Å². The van der Waals surface area contributed by atoms with Crippen molar-refractivity contribution in [2.24, 2.45) is 0 Å². The minimum atomic E-state index is -0.343. The lowest BCUT2D eigenvalue weighted by atomic mass is 10.2. The summed E-state index contributed by atoms with van der Waals surface area (Å²) in [5.41, 5.74) is 0.492. The highest BCUT2D eigenvalue weighted by atomic mass is 79.9. The predicted octanol–water partition coefficient (Wildman–Crippen LogP) is 3.05. The number of halogens is 1. The molecule has 0 aliphatic rings. The van der Waals surface area contributed by atoms with Gasteiger partial charge in [-0.2, -0.15) is 0 Å². The molecule has 1 aromatic heterocycles. The Morgan fingerprint density at radius 3 is 2.62 bits per heavy atom. The highest BCUT2D eigenvalue weighted by Gasteiger charge is 2.10. The van der Waals surface area contributed by atoms with Gasteiger partial charge in [-0.15, -0.1) is 0 Å². The van der Waals surface area contributed by atoms with Crippen LogP contribution in [0.25, 0.3) is 10.9 Å². The van der Waals surface area contributed by atoms with Gasteiger partial charge >= 0.3 is 0 Å². The van der Waals surface area contributed by atoms with Gasteiger partial charge in [0.05, 0.1) is 5.52 Å². The van der Waals surface area contributed by atoms with E-state index < -0.39 is 0 Å². The zero-order chi connectivity index (χ0) is 11.9. The molecule has 0 unspecified atom stereocenters. The largest absolute Gasteiger partial charge is 0.503 e. The monoisotopic (exact) mass is 281 g/mol. The summed E-state index contributed by atoms with van der Waals surface area (Å²) in [6, 6.07) is 7.16. The second-order valence-electron chi connectivity index (χ2n) is 4.00. The fourth-order valence-corrected chi connectivity index (χ4v) is 2.19. The van der Waals surface area contributed by atoms with Gasteiger partial charge < -0.3 is 9.67 Å². The summed E-state index contributed by atoms with van der Waals surface area (Å²) in [7, 11) is 0. The average molecular weight is 282 g/mol. The molecule has 0 saturated carbocycles. The first-order chi connectivity index (χ1) is 7.50. The predicted molar refractivity (Wildman–Crippen MR) is 68.0 cm³/mol. The van der Waals surface area contributed by atoms with E-state index in [1.807, 2.05) is 32.0 Å². The number of fused-ring (bicyclic) bond motifs is 1. The van der Waals surface area contributed by atoms with Crippen molar-refractivity contribution in [3.05, 3.63) is 39.1 Å². The van der Waals surface area contributed by atoms with Crippen molar-refractivity contribution in [1.29, 1.82) is 0 Å². The third-order valence-electron chi connectivity index (χ3n) is 2.50. The van der Waals surface area contributed by atoms with E-state index in [1.54, 1.807) is 4.57 Å². The normalized spacial score (nSPS) is 11.2. The number of hydrogen-bond acceptors (Lipinski definition) is 2. The molecule has 0 spiro atoms.